The molecule has 1 heterocycles. The lowest BCUT2D eigenvalue weighted by Crippen LogP contribution is -1.87. The van der Waals surface area contributed by atoms with Crippen molar-refractivity contribution in [2.24, 2.45) is 0 Å². The van der Waals surface area contributed by atoms with Gasteiger partial charge < -0.3 is 8.83 Å². The molecule has 0 amide bonds. The number of unbranched alkanes of at least 4 members (excludes halogenated alkanes) is 2. The monoisotopic (exact) mass is 156 g/mol. The van der Waals surface area contributed by atoms with Gasteiger partial charge in [0.05, 0.1) is 0 Å². The SMILES string of the molecule is CCCCCc1coc(=O)o1. The molecule has 0 saturated carbocycles. The maximum atomic E-state index is 10.4. The van der Waals surface area contributed by atoms with Gasteiger partial charge in [-0.05, 0) is 6.42 Å². The minimum atomic E-state index is -0.600. The summed E-state index contributed by atoms with van der Waals surface area (Å²) in [4.78, 5) is 10.4. The Hall–Kier alpha value is -0.990. The van der Waals surface area contributed by atoms with E-state index in [0.29, 0.717) is 5.76 Å². The highest BCUT2D eigenvalue weighted by Crippen LogP contribution is 2.03. The molecule has 11 heavy (non-hydrogen) atoms. The van der Waals surface area contributed by atoms with E-state index in [-0.39, 0.29) is 0 Å². The zero-order valence-electron chi connectivity index (χ0n) is 6.63. The van der Waals surface area contributed by atoms with Crippen molar-refractivity contribution in [1.82, 2.24) is 0 Å². The van der Waals surface area contributed by atoms with Gasteiger partial charge in [-0.3, -0.25) is 0 Å². The highest BCUT2D eigenvalue weighted by Gasteiger charge is 1.99. The summed E-state index contributed by atoms with van der Waals surface area (Å²) >= 11 is 0. The molecule has 0 spiro atoms. The summed E-state index contributed by atoms with van der Waals surface area (Å²) in [6, 6.07) is 0. The number of rotatable bonds is 4. The van der Waals surface area contributed by atoms with Crippen molar-refractivity contribution in [3.63, 3.8) is 0 Å². The summed E-state index contributed by atoms with van der Waals surface area (Å²) in [5.41, 5.74) is 0. The fraction of sp³-hybridized carbons (Fsp3) is 0.625. The molecule has 0 unspecified atom stereocenters. The normalized spacial score (nSPS) is 10.3. The molecule has 0 aliphatic rings. The van der Waals surface area contributed by atoms with E-state index in [0.717, 1.165) is 19.3 Å². The lowest BCUT2D eigenvalue weighted by molar-refractivity contribution is 0.372. The van der Waals surface area contributed by atoms with Crippen LogP contribution in [0, 0.1) is 0 Å². The van der Waals surface area contributed by atoms with Gasteiger partial charge in [-0.25, -0.2) is 4.79 Å². The van der Waals surface area contributed by atoms with Crippen molar-refractivity contribution in [3.8, 4) is 0 Å². The van der Waals surface area contributed by atoms with Gasteiger partial charge in [0.15, 0.2) is 0 Å². The third-order valence-corrected chi connectivity index (χ3v) is 1.53. The number of hydrogen-bond acceptors (Lipinski definition) is 3. The standard InChI is InChI=1S/C8H12O3/c1-2-3-4-5-7-6-10-8(9)11-7/h6H,2-5H2,1H3. The molecule has 0 aliphatic heterocycles. The first-order valence-corrected chi connectivity index (χ1v) is 3.90. The Morgan fingerprint density at radius 2 is 2.27 bits per heavy atom. The van der Waals surface area contributed by atoms with Crippen LogP contribution in [0.15, 0.2) is 19.9 Å². The van der Waals surface area contributed by atoms with Crippen LogP contribution in [-0.2, 0) is 6.42 Å². The average molecular weight is 156 g/mol. The second-order valence-corrected chi connectivity index (χ2v) is 2.51. The molecule has 0 radical (unpaired) electrons. The quantitative estimate of drug-likeness (QED) is 0.626. The van der Waals surface area contributed by atoms with Gasteiger partial charge in [0, 0.05) is 6.42 Å². The Balaban J connectivity index is 2.33. The van der Waals surface area contributed by atoms with Crippen LogP contribution < -0.4 is 5.82 Å². The molecule has 1 aromatic heterocycles. The van der Waals surface area contributed by atoms with Gasteiger partial charge >= 0.3 is 5.82 Å². The molecule has 0 aliphatic carbocycles. The molecule has 62 valence electrons. The van der Waals surface area contributed by atoms with Crippen molar-refractivity contribution in [2.45, 2.75) is 32.6 Å². The van der Waals surface area contributed by atoms with Crippen molar-refractivity contribution >= 4 is 0 Å². The first kappa shape index (κ1) is 8.11. The van der Waals surface area contributed by atoms with Gasteiger partial charge in [-0.2, -0.15) is 0 Å². The predicted octanol–water partition coefficient (Wildman–Crippen LogP) is 1.97. The second-order valence-electron chi connectivity index (χ2n) is 2.51. The lowest BCUT2D eigenvalue weighted by atomic mass is 10.2. The Bertz CT molecular complexity index is 246. The minimum Gasteiger partial charge on any atom is -0.399 e. The van der Waals surface area contributed by atoms with Gasteiger partial charge in [0.1, 0.15) is 12.0 Å². The Labute approximate surface area is 65.0 Å². The van der Waals surface area contributed by atoms with E-state index in [9.17, 15) is 4.79 Å². The van der Waals surface area contributed by atoms with E-state index in [1.807, 2.05) is 0 Å². The third kappa shape index (κ3) is 2.62. The maximum Gasteiger partial charge on any atom is 0.518 e. The number of hydrogen-bond donors (Lipinski definition) is 0. The third-order valence-electron chi connectivity index (χ3n) is 1.53. The fourth-order valence-electron chi connectivity index (χ4n) is 0.928. The van der Waals surface area contributed by atoms with Crippen LogP contribution in [-0.4, -0.2) is 0 Å². The van der Waals surface area contributed by atoms with Crippen LogP contribution in [0.4, 0.5) is 0 Å². The van der Waals surface area contributed by atoms with Crippen LogP contribution in [0.3, 0.4) is 0 Å². The average Bonchev–Trinajstić information content (AvgIpc) is 2.37. The topological polar surface area (TPSA) is 43.4 Å². The number of aryl methyl sites for hydroxylation is 1. The zero-order valence-corrected chi connectivity index (χ0v) is 6.63. The summed E-state index contributed by atoms with van der Waals surface area (Å²) < 4.78 is 9.18. The van der Waals surface area contributed by atoms with E-state index in [1.165, 1.54) is 12.7 Å². The summed E-state index contributed by atoms with van der Waals surface area (Å²) in [6.45, 7) is 2.13. The van der Waals surface area contributed by atoms with E-state index in [1.54, 1.807) is 0 Å². The second kappa shape index (κ2) is 4.01. The summed E-state index contributed by atoms with van der Waals surface area (Å²) in [5, 5.41) is 0. The van der Waals surface area contributed by atoms with Crippen LogP contribution in [0.5, 0.6) is 0 Å². The molecular formula is C8H12O3. The Kier molecular flexibility index (Phi) is 2.95. The molecule has 0 aromatic carbocycles. The molecule has 3 nitrogen and oxygen atoms in total. The highest BCUT2D eigenvalue weighted by molar-refractivity contribution is 4.84. The minimum absolute atomic E-state index is 0.600. The van der Waals surface area contributed by atoms with E-state index < -0.39 is 5.82 Å². The van der Waals surface area contributed by atoms with Gasteiger partial charge in [0.25, 0.3) is 0 Å². The van der Waals surface area contributed by atoms with Gasteiger partial charge in [0.2, 0.25) is 0 Å². The van der Waals surface area contributed by atoms with Gasteiger partial charge in [-0.1, -0.05) is 19.8 Å². The molecular weight excluding hydrogens is 144 g/mol. The van der Waals surface area contributed by atoms with E-state index >= 15 is 0 Å². The smallest absolute Gasteiger partial charge is 0.399 e. The zero-order chi connectivity index (χ0) is 8.10. The van der Waals surface area contributed by atoms with E-state index in [4.69, 9.17) is 4.42 Å². The summed E-state index contributed by atoms with van der Waals surface area (Å²) in [6.07, 6.45) is 5.58. The molecule has 1 aromatic rings. The molecule has 1 rings (SSSR count). The van der Waals surface area contributed by atoms with Crippen LogP contribution in [0.25, 0.3) is 0 Å². The van der Waals surface area contributed by atoms with Crippen LogP contribution in [0.2, 0.25) is 0 Å². The van der Waals surface area contributed by atoms with Crippen molar-refractivity contribution in [3.05, 3.63) is 22.6 Å². The lowest BCUT2D eigenvalue weighted by Gasteiger charge is -1.91. The first-order chi connectivity index (χ1) is 5.33. The Morgan fingerprint density at radius 3 is 2.82 bits per heavy atom. The van der Waals surface area contributed by atoms with Crippen molar-refractivity contribution < 1.29 is 8.83 Å². The predicted molar refractivity (Wildman–Crippen MR) is 40.5 cm³/mol. The highest BCUT2D eigenvalue weighted by atomic mass is 16.6. The van der Waals surface area contributed by atoms with Crippen LogP contribution >= 0.6 is 0 Å². The fourth-order valence-corrected chi connectivity index (χ4v) is 0.928. The molecule has 0 atom stereocenters. The molecule has 3 heteroatoms. The summed E-state index contributed by atoms with van der Waals surface area (Å²) in [5.74, 6) is 0.0555. The molecule has 0 bridgehead atoms. The van der Waals surface area contributed by atoms with Gasteiger partial charge in [-0.15, -0.1) is 0 Å². The largest absolute Gasteiger partial charge is 0.518 e. The van der Waals surface area contributed by atoms with Crippen molar-refractivity contribution in [2.75, 3.05) is 0 Å². The molecule has 0 saturated heterocycles. The van der Waals surface area contributed by atoms with E-state index in [2.05, 4.69) is 11.3 Å². The molecule has 0 N–H and O–H groups in total. The summed E-state index contributed by atoms with van der Waals surface area (Å²) in [7, 11) is 0. The van der Waals surface area contributed by atoms with Crippen LogP contribution in [0.1, 0.15) is 31.9 Å². The maximum absolute atomic E-state index is 10.4. The first-order valence-electron chi connectivity index (χ1n) is 3.90. The Morgan fingerprint density at radius 1 is 1.45 bits per heavy atom. The molecule has 0 fully saturated rings. The van der Waals surface area contributed by atoms with Crippen molar-refractivity contribution in [1.29, 1.82) is 0 Å².